The molecular weight excluding hydrogens is 214 g/mol. The molecule has 1 atom stereocenters. The third-order valence-corrected chi connectivity index (χ3v) is 3.26. The van der Waals surface area contributed by atoms with Crippen LogP contribution >= 0.6 is 11.6 Å². The second kappa shape index (κ2) is 3.94. The molecule has 0 aromatic carbocycles. The molecule has 0 bridgehead atoms. The minimum atomic E-state index is -0.248. The molecule has 2 heterocycles. The summed E-state index contributed by atoms with van der Waals surface area (Å²) in [6.45, 7) is 5.38. The van der Waals surface area contributed by atoms with Gasteiger partial charge in [-0.25, -0.2) is 0 Å². The second-order valence-electron chi connectivity index (χ2n) is 3.95. The van der Waals surface area contributed by atoms with Gasteiger partial charge in [0.25, 0.3) is 0 Å². The van der Waals surface area contributed by atoms with Crippen molar-refractivity contribution in [2.24, 2.45) is 0 Å². The molecule has 1 aromatic rings. The molecule has 0 radical (unpaired) electrons. The first kappa shape index (κ1) is 10.6. The Morgan fingerprint density at radius 3 is 2.67 bits per heavy atom. The van der Waals surface area contributed by atoms with Gasteiger partial charge in [-0.15, -0.1) is 10.2 Å². The highest BCUT2D eigenvalue weighted by Crippen LogP contribution is 2.26. The van der Waals surface area contributed by atoms with Crippen molar-refractivity contribution in [3.63, 3.8) is 0 Å². The van der Waals surface area contributed by atoms with Crippen LogP contribution in [0.5, 0.6) is 0 Å². The zero-order chi connectivity index (χ0) is 11.0. The Bertz CT molecular complexity index is 383. The van der Waals surface area contributed by atoms with Gasteiger partial charge in [0.2, 0.25) is 0 Å². The third kappa shape index (κ3) is 1.92. The zero-order valence-corrected chi connectivity index (χ0v) is 9.62. The number of hydrogen-bond donors (Lipinski definition) is 1. The average Bonchev–Trinajstić information content (AvgIpc) is 2.61. The Morgan fingerprint density at radius 2 is 2.07 bits per heavy atom. The molecule has 4 nitrogen and oxygen atoms in total. The molecule has 1 unspecified atom stereocenters. The minimum Gasteiger partial charge on any atom is -0.391 e. The molecule has 0 spiro atoms. The van der Waals surface area contributed by atoms with Gasteiger partial charge >= 0.3 is 0 Å². The lowest BCUT2D eigenvalue weighted by Gasteiger charge is -2.19. The first-order valence-corrected chi connectivity index (χ1v) is 5.39. The number of aliphatic hydroxyl groups is 1. The van der Waals surface area contributed by atoms with Crippen molar-refractivity contribution < 1.29 is 5.11 Å². The van der Waals surface area contributed by atoms with Gasteiger partial charge in [-0.3, -0.25) is 0 Å². The summed E-state index contributed by atoms with van der Waals surface area (Å²) in [6.07, 6.45) is 0.546. The number of aliphatic hydroxyl groups excluding tert-OH is 1. The number of halogens is 1. The van der Waals surface area contributed by atoms with Crippen molar-refractivity contribution >= 4 is 17.4 Å². The molecule has 0 aliphatic carbocycles. The molecule has 2 rings (SSSR count). The lowest BCUT2D eigenvalue weighted by atomic mass is 10.2. The van der Waals surface area contributed by atoms with Gasteiger partial charge in [0.15, 0.2) is 11.0 Å². The van der Waals surface area contributed by atoms with Crippen LogP contribution < -0.4 is 4.90 Å². The van der Waals surface area contributed by atoms with E-state index in [1.807, 2.05) is 13.8 Å². The van der Waals surface area contributed by atoms with Crippen LogP contribution in [0.3, 0.4) is 0 Å². The Labute approximate surface area is 93.9 Å². The lowest BCUT2D eigenvalue weighted by Crippen LogP contribution is -2.23. The molecule has 1 aromatic heterocycles. The van der Waals surface area contributed by atoms with Crippen molar-refractivity contribution in [2.75, 3.05) is 18.0 Å². The van der Waals surface area contributed by atoms with E-state index in [1.165, 1.54) is 0 Å². The molecule has 0 saturated carbocycles. The van der Waals surface area contributed by atoms with Crippen molar-refractivity contribution in [3.8, 4) is 0 Å². The number of rotatable bonds is 1. The van der Waals surface area contributed by atoms with Crippen LogP contribution in [0.4, 0.5) is 5.82 Å². The summed E-state index contributed by atoms with van der Waals surface area (Å²) in [7, 11) is 0. The standard InChI is InChI=1S/C10H14ClN3O/c1-6-7(2)10(13-12-9(6)11)14-4-3-8(15)5-14/h8,15H,3-5H2,1-2H3. The smallest absolute Gasteiger partial charge is 0.155 e. The molecule has 0 amide bonds. The van der Waals surface area contributed by atoms with Crippen molar-refractivity contribution in [2.45, 2.75) is 26.4 Å². The Balaban J connectivity index is 2.33. The summed E-state index contributed by atoms with van der Waals surface area (Å²) in [6, 6.07) is 0. The fourth-order valence-electron chi connectivity index (χ4n) is 1.80. The maximum Gasteiger partial charge on any atom is 0.155 e. The van der Waals surface area contributed by atoms with Crippen molar-refractivity contribution in [1.82, 2.24) is 10.2 Å². The molecule has 5 heteroatoms. The van der Waals surface area contributed by atoms with Gasteiger partial charge in [0, 0.05) is 13.1 Å². The van der Waals surface area contributed by atoms with Gasteiger partial charge in [-0.05, 0) is 31.4 Å². The van der Waals surface area contributed by atoms with Crippen LogP contribution in [0, 0.1) is 13.8 Å². The average molecular weight is 228 g/mol. The van der Waals surface area contributed by atoms with Crippen LogP contribution in [-0.4, -0.2) is 34.5 Å². The van der Waals surface area contributed by atoms with E-state index in [4.69, 9.17) is 11.6 Å². The van der Waals surface area contributed by atoms with Gasteiger partial charge < -0.3 is 10.0 Å². The van der Waals surface area contributed by atoms with Crippen LogP contribution in [0.1, 0.15) is 17.5 Å². The topological polar surface area (TPSA) is 49.2 Å². The third-order valence-electron chi connectivity index (χ3n) is 2.90. The highest BCUT2D eigenvalue weighted by Gasteiger charge is 2.23. The van der Waals surface area contributed by atoms with Crippen LogP contribution in [0.15, 0.2) is 0 Å². The lowest BCUT2D eigenvalue weighted by molar-refractivity contribution is 0.198. The fraction of sp³-hybridized carbons (Fsp3) is 0.600. The number of aromatic nitrogens is 2. The predicted octanol–water partition coefficient (Wildman–Crippen LogP) is 1.32. The first-order valence-electron chi connectivity index (χ1n) is 5.02. The fourth-order valence-corrected chi connectivity index (χ4v) is 1.98. The van der Waals surface area contributed by atoms with E-state index in [0.717, 1.165) is 29.9 Å². The molecule has 82 valence electrons. The number of nitrogens with zero attached hydrogens (tertiary/aromatic N) is 3. The van der Waals surface area contributed by atoms with E-state index in [1.54, 1.807) is 0 Å². The largest absolute Gasteiger partial charge is 0.391 e. The Kier molecular flexibility index (Phi) is 2.80. The highest BCUT2D eigenvalue weighted by molar-refractivity contribution is 6.30. The normalized spacial score (nSPS) is 21.1. The monoisotopic (exact) mass is 227 g/mol. The highest BCUT2D eigenvalue weighted by atomic mass is 35.5. The Morgan fingerprint density at radius 1 is 1.33 bits per heavy atom. The molecule has 15 heavy (non-hydrogen) atoms. The van der Waals surface area contributed by atoms with E-state index >= 15 is 0 Å². The van der Waals surface area contributed by atoms with Crippen LogP contribution in [0.25, 0.3) is 0 Å². The van der Waals surface area contributed by atoms with Crippen LogP contribution in [-0.2, 0) is 0 Å². The van der Waals surface area contributed by atoms with Gasteiger partial charge in [-0.1, -0.05) is 11.6 Å². The van der Waals surface area contributed by atoms with Gasteiger partial charge in [0.05, 0.1) is 6.10 Å². The SMILES string of the molecule is Cc1c(Cl)nnc(N2CCC(O)C2)c1C. The maximum atomic E-state index is 9.46. The van der Waals surface area contributed by atoms with E-state index in [0.29, 0.717) is 11.7 Å². The summed E-state index contributed by atoms with van der Waals surface area (Å²) < 4.78 is 0. The van der Waals surface area contributed by atoms with Crippen molar-refractivity contribution in [1.29, 1.82) is 0 Å². The predicted molar refractivity (Wildman–Crippen MR) is 59.4 cm³/mol. The second-order valence-corrected chi connectivity index (χ2v) is 4.31. The van der Waals surface area contributed by atoms with Crippen LogP contribution in [0.2, 0.25) is 5.15 Å². The number of β-amino-alcohol motifs (C(OH)–C–C–N with tert-alkyl or cyclic N) is 1. The molecule has 1 aliphatic rings. The van der Waals surface area contributed by atoms with E-state index in [-0.39, 0.29) is 6.10 Å². The number of hydrogen-bond acceptors (Lipinski definition) is 4. The van der Waals surface area contributed by atoms with E-state index in [9.17, 15) is 5.11 Å². The molecule has 1 aliphatic heterocycles. The first-order chi connectivity index (χ1) is 7.09. The quantitative estimate of drug-likeness (QED) is 0.786. The summed E-state index contributed by atoms with van der Waals surface area (Å²) in [4.78, 5) is 2.05. The maximum absolute atomic E-state index is 9.46. The number of anilines is 1. The zero-order valence-electron chi connectivity index (χ0n) is 8.87. The van der Waals surface area contributed by atoms with Crippen molar-refractivity contribution in [3.05, 3.63) is 16.3 Å². The summed E-state index contributed by atoms with van der Waals surface area (Å²) in [5.41, 5.74) is 2.01. The molecular formula is C10H14ClN3O. The minimum absolute atomic E-state index is 0.248. The van der Waals surface area contributed by atoms with E-state index in [2.05, 4.69) is 15.1 Å². The van der Waals surface area contributed by atoms with Gasteiger partial charge in [-0.2, -0.15) is 0 Å². The van der Waals surface area contributed by atoms with E-state index < -0.39 is 0 Å². The molecule has 1 saturated heterocycles. The summed E-state index contributed by atoms with van der Waals surface area (Å²) in [5, 5.41) is 17.9. The summed E-state index contributed by atoms with van der Waals surface area (Å²) in [5.74, 6) is 0.841. The van der Waals surface area contributed by atoms with Gasteiger partial charge in [0.1, 0.15) is 0 Å². The molecule has 1 N–H and O–H groups in total. The summed E-state index contributed by atoms with van der Waals surface area (Å²) >= 11 is 5.88. The Hall–Kier alpha value is -0.870. The molecule has 1 fully saturated rings.